The number of hydrogen-bond acceptors (Lipinski definition) is 4. The van der Waals surface area contributed by atoms with E-state index in [-0.39, 0.29) is 5.75 Å². The van der Waals surface area contributed by atoms with Gasteiger partial charge < -0.3 is 19.9 Å². The number of ether oxygens (including phenoxy) is 2. The fraction of sp³-hybridized carbons (Fsp3) is 0.368. The third kappa shape index (κ3) is 4.39. The molecular weight excluding hydrogens is 290 g/mol. The van der Waals surface area contributed by atoms with Gasteiger partial charge in [-0.15, -0.1) is 0 Å². The van der Waals surface area contributed by atoms with Gasteiger partial charge in [0.15, 0.2) is 11.5 Å². The summed E-state index contributed by atoms with van der Waals surface area (Å²) in [4.78, 5) is 0. The number of hydrogen-bond donors (Lipinski definition) is 2. The zero-order valence-electron chi connectivity index (χ0n) is 14.2. The Balaban J connectivity index is 2.01. The molecule has 0 heterocycles. The van der Waals surface area contributed by atoms with Crippen molar-refractivity contribution in [3.63, 3.8) is 0 Å². The molecule has 4 heteroatoms. The van der Waals surface area contributed by atoms with E-state index in [4.69, 9.17) is 9.47 Å². The first kappa shape index (κ1) is 17.2. The molecule has 0 aliphatic rings. The molecule has 2 N–H and O–H groups in total. The number of phenolic OH excluding ortho intramolecular Hbond substituents is 1. The Kier molecular flexibility index (Phi) is 5.88. The minimum absolute atomic E-state index is 0.0340. The molecular formula is C19H25NO3. The lowest BCUT2D eigenvalue weighted by molar-refractivity contribution is 0.338. The van der Waals surface area contributed by atoms with E-state index in [9.17, 15) is 5.11 Å². The van der Waals surface area contributed by atoms with Gasteiger partial charge in [0.25, 0.3) is 0 Å². The summed E-state index contributed by atoms with van der Waals surface area (Å²) >= 11 is 0. The van der Waals surface area contributed by atoms with Crippen molar-refractivity contribution in [2.24, 2.45) is 0 Å². The van der Waals surface area contributed by atoms with E-state index in [1.807, 2.05) is 12.1 Å². The first-order valence-corrected chi connectivity index (χ1v) is 7.77. The Hall–Kier alpha value is -2.20. The summed E-state index contributed by atoms with van der Waals surface area (Å²) in [7, 11) is 3.07. The molecule has 2 aromatic carbocycles. The van der Waals surface area contributed by atoms with Gasteiger partial charge in [-0.05, 0) is 49.1 Å². The Morgan fingerprint density at radius 2 is 1.70 bits per heavy atom. The largest absolute Gasteiger partial charge is 0.502 e. The van der Waals surface area contributed by atoms with Crippen molar-refractivity contribution in [1.29, 1.82) is 0 Å². The SMILES string of the molecule is COc1cc(CNC(C)Cc2ccccc2C)cc(OC)c1O. The number of methoxy groups -OCH3 is 2. The smallest absolute Gasteiger partial charge is 0.200 e. The van der Waals surface area contributed by atoms with Gasteiger partial charge >= 0.3 is 0 Å². The fourth-order valence-electron chi connectivity index (χ4n) is 2.58. The zero-order valence-corrected chi connectivity index (χ0v) is 14.2. The van der Waals surface area contributed by atoms with Gasteiger partial charge in [0.05, 0.1) is 14.2 Å². The van der Waals surface area contributed by atoms with Crippen molar-refractivity contribution < 1.29 is 14.6 Å². The average Bonchev–Trinajstić information content (AvgIpc) is 2.56. The van der Waals surface area contributed by atoms with Gasteiger partial charge in [-0.1, -0.05) is 24.3 Å². The molecule has 1 atom stereocenters. The summed E-state index contributed by atoms with van der Waals surface area (Å²) in [5.41, 5.74) is 3.68. The van der Waals surface area contributed by atoms with Crippen molar-refractivity contribution in [3.05, 3.63) is 53.1 Å². The monoisotopic (exact) mass is 315 g/mol. The van der Waals surface area contributed by atoms with Crippen molar-refractivity contribution in [2.45, 2.75) is 32.9 Å². The van der Waals surface area contributed by atoms with Crippen LogP contribution < -0.4 is 14.8 Å². The predicted octanol–water partition coefficient (Wildman–Crippen LogP) is 3.44. The molecule has 0 radical (unpaired) electrons. The van der Waals surface area contributed by atoms with Crippen LogP contribution in [0.5, 0.6) is 17.2 Å². The first-order valence-electron chi connectivity index (χ1n) is 7.77. The minimum atomic E-state index is 0.0340. The summed E-state index contributed by atoms with van der Waals surface area (Å²) in [6.07, 6.45) is 0.971. The van der Waals surface area contributed by atoms with Gasteiger partial charge in [0, 0.05) is 12.6 Å². The quantitative estimate of drug-likeness (QED) is 0.822. The standard InChI is InChI=1S/C19H25NO3/c1-13-7-5-6-8-16(13)9-14(2)20-12-15-10-17(22-3)19(21)18(11-15)23-4/h5-8,10-11,14,20-21H,9,12H2,1-4H3. The maximum absolute atomic E-state index is 9.95. The summed E-state index contributed by atoms with van der Waals surface area (Å²) in [6.45, 7) is 4.99. The molecule has 0 saturated heterocycles. The second-order valence-corrected chi connectivity index (χ2v) is 5.76. The summed E-state index contributed by atoms with van der Waals surface area (Å²) < 4.78 is 10.4. The number of nitrogens with one attached hydrogen (secondary N) is 1. The zero-order chi connectivity index (χ0) is 16.8. The lowest BCUT2D eigenvalue weighted by Gasteiger charge is -2.17. The molecule has 0 aliphatic carbocycles. The minimum Gasteiger partial charge on any atom is -0.502 e. The second kappa shape index (κ2) is 7.88. The van der Waals surface area contributed by atoms with E-state index < -0.39 is 0 Å². The van der Waals surface area contributed by atoms with Crippen LogP contribution in [-0.2, 0) is 13.0 Å². The van der Waals surface area contributed by atoms with Crippen molar-refractivity contribution >= 4 is 0 Å². The topological polar surface area (TPSA) is 50.7 Å². The van der Waals surface area contributed by atoms with Crippen LogP contribution in [0.1, 0.15) is 23.6 Å². The third-order valence-corrected chi connectivity index (χ3v) is 3.98. The number of rotatable bonds is 7. The molecule has 0 fully saturated rings. The van der Waals surface area contributed by atoms with Gasteiger partial charge in [-0.3, -0.25) is 0 Å². The molecule has 0 saturated carbocycles. The number of aromatic hydroxyl groups is 1. The van der Waals surface area contributed by atoms with Crippen LogP contribution in [0.4, 0.5) is 0 Å². The van der Waals surface area contributed by atoms with Crippen LogP contribution in [0.15, 0.2) is 36.4 Å². The predicted molar refractivity (Wildman–Crippen MR) is 92.4 cm³/mol. The summed E-state index contributed by atoms with van der Waals surface area (Å²) in [6, 6.07) is 12.4. The van der Waals surface area contributed by atoms with Crippen LogP contribution >= 0.6 is 0 Å². The molecule has 124 valence electrons. The Bertz CT molecular complexity index is 630. The number of phenols is 1. The average molecular weight is 315 g/mol. The molecule has 0 spiro atoms. The molecule has 4 nitrogen and oxygen atoms in total. The van der Waals surface area contributed by atoms with E-state index in [1.54, 1.807) is 0 Å². The Morgan fingerprint density at radius 3 is 2.26 bits per heavy atom. The number of aryl methyl sites for hydroxylation is 1. The maximum atomic E-state index is 9.95. The van der Waals surface area contributed by atoms with E-state index in [0.717, 1.165) is 12.0 Å². The normalized spacial score (nSPS) is 12.0. The highest BCUT2D eigenvalue weighted by atomic mass is 16.5. The molecule has 2 aromatic rings. The second-order valence-electron chi connectivity index (χ2n) is 5.76. The van der Waals surface area contributed by atoms with Crippen LogP contribution in [-0.4, -0.2) is 25.4 Å². The molecule has 0 aliphatic heterocycles. The lowest BCUT2D eigenvalue weighted by atomic mass is 10.0. The Labute approximate surface area is 138 Å². The Morgan fingerprint density at radius 1 is 1.09 bits per heavy atom. The van der Waals surface area contributed by atoms with Gasteiger partial charge in [-0.2, -0.15) is 0 Å². The van der Waals surface area contributed by atoms with Crippen LogP contribution in [0.2, 0.25) is 0 Å². The molecule has 0 amide bonds. The van der Waals surface area contributed by atoms with E-state index in [1.165, 1.54) is 25.3 Å². The highest BCUT2D eigenvalue weighted by Gasteiger charge is 2.12. The van der Waals surface area contributed by atoms with Crippen LogP contribution in [0.3, 0.4) is 0 Å². The summed E-state index contributed by atoms with van der Waals surface area (Å²) in [5.74, 6) is 0.882. The van der Waals surface area contributed by atoms with E-state index >= 15 is 0 Å². The highest BCUT2D eigenvalue weighted by Crippen LogP contribution is 2.37. The maximum Gasteiger partial charge on any atom is 0.200 e. The summed E-state index contributed by atoms with van der Waals surface area (Å²) in [5, 5.41) is 13.4. The molecule has 2 rings (SSSR count). The molecule has 0 aromatic heterocycles. The van der Waals surface area contributed by atoms with Crippen molar-refractivity contribution in [3.8, 4) is 17.2 Å². The highest BCUT2D eigenvalue weighted by molar-refractivity contribution is 5.52. The molecule has 0 bridgehead atoms. The number of benzene rings is 2. The molecule has 23 heavy (non-hydrogen) atoms. The van der Waals surface area contributed by atoms with E-state index in [2.05, 4.69) is 43.4 Å². The van der Waals surface area contributed by atoms with Gasteiger partial charge in [0.2, 0.25) is 5.75 Å². The third-order valence-electron chi connectivity index (χ3n) is 3.98. The lowest BCUT2D eigenvalue weighted by Crippen LogP contribution is -2.27. The van der Waals surface area contributed by atoms with Crippen molar-refractivity contribution in [1.82, 2.24) is 5.32 Å². The van der Waals surface area contributed by atoms with Crippen molar-refractivity contribution in [2.75, 3.05) is 14.2 Å². The fourth-order valence-corrected chi connectivity index (χ4v) is 2.58. The van der Waals surface area contributed by atoms with Crippen LogP contribution in [0.25, 0.3) is 0 Å². The van der Waals surface area contributed by atoms with Gasteiger partial charge in [0.1, 0.15) is 0 Å². The molecule has 1 unspecified atom stereocenters. The van der Waals surface area contributed by atoms with Gasteiger partial charge in [-0.25, -0.2) is 0 Å². The van der Waals surface area contributed by atoms with E-state index in [0.29, 0.717) is 24.1 Å². The first-order chi connectivity index (χ1) is 11.0. The van der Waals surface area contributed by atoms with Crippen LogP contribution in [0, 0.1) is 6.92 Å².